The van der Waals surface area contributed by atoms with Crippen molar-refractivity contribution < 1.29 is 9.67 Å². The summed E-state index contributed by atoms with van der Waals surface area (Å²) in [4.78, 5) is 12.0. The summed E-state index contributed by atoms with van der Waals surface area (Å²) >= 11 is 0. The van der Waals surface area contributed by atoms with E-state index in [2.05, 4.69) is 0 Å². The second-order valence-corrected chi connectivity index (χ2v) is 5.45. The van der Waals surface area contributed by atoms with Gasteiger partial charge in [0, 0.05) is 6.07 Å². The van der Waals surface area contributed by atoms with Crippen molar-refractivity contribution in [3.8, 4) is 5.75 Å². The van der Waals surface area contributed by atoms with Gasteiger partial charge < -0.3 is 5.11 Å². The van der Waals surface area contributed by atoms with Gasteiger partial charge in [-0.1, -0.05) is 6.08 Å². The maximum atomic E-state index is 12.0. The van der Waals surface area contributed by atoms with Crippen molar-refractivity contribution in [1.82, 2.24) is 4.57 Å². The molecule has 0 radical (unpaired) electrons. The van der Waals surface area contributed by atoms with Crippen molar-refractivity contribution in [2.24, 2.45) is 14.1 Å². The first-order chi connectivity index (χ1) is 9.81. The van der Waals surface area contributed by atoms with Crippen LogP contribution in [0.5, 0.6) is 5.75 Å². The van der Waals surface area contributed by atoms with Crippen molar-refractivity contribution in [1.29, 1.82) is 0 Å². The molecule has 1 aromatic carbocycles. The van der Waals surface area contributed by atoms with Gasteiger partial charge in [0.15, 0.2) is 0 Å². The van der Waals surface area contributed by atoms with Gasteiger partial charge in [0.05, 0.1) is 14.1 Å². The van der Waals surface area contributed by atoms with Gasteiger partial charge in [-0.15, -0.1) is 0 Å². The predicted molar refractivity (Wildman–Crippen MR) is 84.1 cm³/mol. The number of hydrogen-bond acceptors (Lipinski definition) is 2. The van der Waals surface area contributed by atoms with E-state index in [1.54, 1.807) is 23.2 Å². The van der Waals surface area contributed by atoms with Crippen LogP contribution in [0.1, 0.15) is 28.1 Å². The van der Waals surface area contributed by atoms with E-state index in [0.717, 1.165) is 28.1 Å². The summed E-state index contributed by atoms with van der Waals surface area (Å²) in [6, 6.07) is 5.82. The van der Waals surface area contributed by atoms with Crippen molar-refractivity contribution in [2.45, 2.75) is 20.8 Å². The average Bonchev–Trinajstić information content (AvgIpc) is 2.44. The number of nitrogens with zero attached hydrogens (tertiary/aromatic N) is 2. The number of phenolic OH excluding ortho intramolecular Hbond substituents is 1. The van der Waals surface area contributed by atoms with Crippen LogP contribution in [0.3, 0.4) is 0 Å². The molecule has 4 heteroatoms. The maximum Gasteiger partial charge on any atom is 0.498 e. The molecule has 2 aromatic rings. The van der Waals surface area contributed by atoms with Gasteiger partial charge in [-0.3, -0.25) is 0 Å². The quantitative estimate of drug-likeness (QED) is 0.858. The van der Waals surface area contributed by atoms with Crippen molar-refractivity contribution in [3.05, 3.63) is 56.8 Å². The Morgan fingerprint density at radius 1 is 1.10 bits per heavy atom. The highest BCUT2D eigenvalue weighted by Crippen LogP contribution is 2.23. The van der Waals surface area contributed by atoms with Crippen LogP contribution in [-0.2, 0) is 14.1 Å². The fourth-order valence-electron chi connectivity index (χ4n) is 2.32. The van der Waals surface area contributed by atoms with Crippen molar-refractivity contribution in [3.63, 3.8) is 0 Å². The van der Waals surface area contributed by atoms with E-state index in [1.807, 2.05) is 51.1 Å². The third-order valence-electron chi connectivity index (χ3n) is 3.81. The molecular formula is C17H21N2O2+. The van der Waals surface area contributed by atoms with Crippen molar-refractivity contribution in [2.75, 3.05) is 0 Å². The standard InChI is InChI=1S/C17H20N2O2/c1-11-8-14(9-12(2)16(11)20)6-7-15-10-13(3)18(4)17(21)19(15)5/h6-10H,1-5H3/p+1. The van der Waals surface area contributed by atoms with Crippen LogP contribution in [0, 0.1) is 20.8 Å². The van der Waals surface area contributed by atoms with E-state index in [-0.39, 0.29) is 5.69 Å². The normalized spacial score (nSPS) is 11.3. The van der Waals surface area contributed by atoms with Gasteiger partial charge in [-0.2, -0.15) is 13.9 Å². The fourth-order valence-corrected chi connectivity index (χ4v) is 2.32. The molecule has 0 aliphatic heterocycles. The van der Waals surface area contributed by atoms with E-state index < -0.39 is 0 Å². The summed E-state index contributed by atoms with van der Waals surface area (Å²) in [6.45, 7) is 5.66. The van der Waals surface area contributed by atoms with Gasteiger partial charge in [-0.25, -0.2) is 0 Å². The van der Waals surface area contributed by atoms with Crippen LogP contribution < -0.4 is 10.3 Å². The number of rotatable bonds is 2. The second kappa shape index (κ2) is 5.56. The lowest BCUT2D eigenvalue weighted by atomic mass is 10.1. The Labute approximate surface area is 124 Å². The van der Waals surface area contributed by atoms with Crippen LogP contribution in [0.4, 0.5) is 0 Å². The molecule has 4 nitrogen and oxygen atoms in total. The lowest BCUT2D eigenvalue weighted by molar-refractivity contribution is -0.692. The van der Waals surface area contributed by atoms with E-state index in [1.165, 1.54) is 0 Å². The third kappa shape index (κ3) is 2.89. The Bertz CT molecular complexity index is 763. The van der Waals surface area contributed by atoms with E-state index in [0.29, 0.717) is 5.75 Å². The van der Waals surface area contributed by atoms with Gasteiger partial charge in [0.2, 0.25) is 0 Å². The third-order valence-corrected chi connectivity index (χ3v) is 3.81. The Balaban J connectivity index is 2.45. The summed E-state index contributed by atoms with van der Waals surface area (Å²) in [5.74, 6) is 0.335. The molecule has 1 N–H and O–H groups in total. The molecular weight excluding hydrogens is 264 g/mol. The maximum absolute atomic E-state index is 12.0. The molecule has 2 rings (SSSR count). The molecule has 1 aromatic heterocycles. The molecule has 0 atom stereocenters. The van der Waals surface area contributed by atoms with Crippen LogP contribution in [0.2, 0.25) is 0 Å². The van der Waals surface area contributed by atoms with E-state index in [4.69, 9.17) is 0 Å². The zero-order valence-corrected chi connectivity index (χ0v) is 13.1. The Kier molecular flexibility index (Phi) is 3.98. The van der Waals surface area contributed by atoms with E-state index in [9.17, 15) is 9.90 Å². The highest BCUT2D eigenvalue weighted by Gasteiger charge is 2.11. The Morgan fingerprint density at radius 3 is 2.24 bits per heavy atom. The largest absolute Gasteiger partial charge is 0.507 e. The zero-order valence-electron chi connectivity index (χ0n) is 13.1. The molecule has 0 amide bonds. The van der Waals surface area contributed by atoms with Crippen LogP contribution in [0.25, 0.3) is 12.2 Å². The first-order valence-corrected chi connectivity index (χ1v) is 6.86. The number of benzene rings is 1. The number of hydrogen-bond donors (Lipinski definition) is 1. The average molecular weight is 285 g/mol. The molecule has 21 heavy (non-hydrogen) atoms. The number of aryl methyl sites for hydroxylation is 3. The van der Waals surface area contributed by atoms with Crippen LogP contribution in [-0.4, -0.2) is 9.67 Å². The lowest BCUT2D eigenvalue weighted by Gasteiger charge is -2.05. The molecule has 110 valence electrons. The minimum absolute atomic E-state index is 0.0484. The first-order valence-electron chi connectivity index (χ1n) is 6.86. The van der Waals surface area contributed by atoms with Gasteiger partial charge >= 0.3 is 5.69 Å². The molecule has 0 aliphatic carbocycles. The molecule has 0 unspecified atom stereocenters. The summed E-state index contributed by atoms with van der Waals surface area (Å²) in [5, 5.41) is 9.79. The lowest BCUT2D eigenvalue weighted by Crippen LogP contribution is -2.53. The Hall–Kier alpha value is -2.36. The number of phenols is 1. The molecule has 0 saturated heterocycles. The summed E-state index contributed by atoms with van der Waals surface area (Å²) in [6.07, 6.45) is 3.87. The topological polar surface area (TPSA) is 46.1 Å². The summed E-state index contributed by atoms with van der Waals surface area (Å²) in [5.41, 5.74) is 4.40. The first kappa shape index (κ1) is 15.0. The number of aromatic nitrogens is 2. The zero-order chi connectivity index (χ0) is 15.7. The SMILES string of the molecule is Cc1cc(C=Cc2cc(C)n(C)c(=O)[n+]2C)cc(C)c1O. The van der Waals surface area contributed by atoms with Gasteiger partial charge in [-0.05, 0) is 55.7 Å². The van der Waals surface area contributed by atoms with Gasteiger partial charge in [0.1, 0.15) is 17.1 Å². The molecule has 0 saturated carbocycles. The minimum atomic E-state index is -0.0484. The summed E-state index contributed by atoms with van der Waals surface area (Å²) < 4.78 is 3.23. The van der Waals surface area contributed by atoms with Gasteiger partial charge in [0.25, 0.3) is 0 Å². The minimum Gasteiger partial charge on any atom is -0.507 e. The molecule has 0 fully saturated rings. The second-order valence-electron chi connectivity index (χ2n) is 5.45. The fraction of sp³-hybridized carbons (Fsp3) is 0.294. The Morgan fingerprint density at radius 2 is 1.67 bits per heavy atom. The highest BCUT2D eigenvalue weighted by atomic mass is 16.3. The monoisotopic (exact) mass is 285 g/mol. The number of aromatic hydroxyl groups is 1. The van der Waals surface area contributed by atoms with Crippen LogP contribution >= 0.6 is 0 Å². The predicted octanol–water partition coefficient (Wildman–Crippen LogP) is 2.01. The smallest absolute Gasteiger partial charge is 0.498 e. The molecule has 0 spiro atoms. The summed E-state index contributed by atoms with van der Waals surface area (Å²) in [7, 11) is 3.52. The van der Waals surface area contributed by atoms with Crippen LogP contribution in [0.15, 0.2) is 23.0 Å². The van der Waals surface area contributed by atoms with E-state index >= 15 is 0 Å². The molecule has 1 heterocycles. The highest BCUT2D eigenvalue weighted by molar-refractivity contribution is 5.68. The molecule has 0 aliphatic rings. The molecule has 0 bridgehead atoms. The van der Waals surface area contributed by atoms with Crippen molar-refractivity contribution >= 4 is 12.2 Å².